The highest BCUT2D eigenvalue weighted by Crippen LogP contribution is 2.23. The molecule has 0 spiro atoms. The van der Waals surface area contributed by atoms with E-state index in [1.807, 2.05) is 49.3 Å². The first kappa shape index (κ1) is 26.7. The number of nitrogens with zero attached hydrogens (tertiary/aromatic N) is 4. The molecule has 0 saturated heterocycles. The monoisotopic (exact) mass is 521 g/mol. The molecule has 38 heavy (non-hydrogen) atoms. The first-order chi connectivity index (χ1) is 18.2. The van der Waals surface area contributed by atoms with Crippen LogP contribution in [0.15, 0.2) is 71.8 Å². The topological polar surface area (TPSA) is 81.4 Å². The van der Waals surface area contributed by atoms with Gasteiger partial charge in [-0.25, -0.2) is 8.78 Å². The largest absolute Gasteiger partial charge is 0.494 e. The SMILES string of the molecule is COc1ccc(F)c(CNC(=O)c2cn(Cc3ccc(Cn4ccccc4=O)cc3)nc2CN(C)C)c1F. The fraction of sp³-hybridized carbons (Fsp3) is 0.250. The van der Waals surface area contributed by atoms with E-state index in [0.717, 1.165) is 17.2 Å². The van der Waals surface area contributed by atoms with Crippen LogP contribution in [-0.2, 0) is 26.2 Å². The Morgan fingerprint density at radius 2 is 1.74 bits per heavy atom. The van der Waals surface area contributed by atoms with Crippen LogP contribution in [0.5, 0.6) is 5.75 Å². The lowest BCUT2D eigenvalue weighted by molar-refractivity contribution is 0.0948. The van der Waals surface area contributed by atoms with Gasteiger partial charge in [-0.2, -0.15) is 5.10 Å². The molecule has 4 rings (SSSR count). The molecule has 4 aromatic rings. The molecule has 10 heteroatoms. The van der Waals surface area contributed by atoms with Gasteiger partial charge in [-0.3, -0.25) is 14.3 Å². The minimum atomic E-state index is -0.849. The summed E-state index contributed by atoms with van der Waals surface area (Å²) in [5, 5.41) is 7.19. The Labute approximate surface area is 219 Å². The summed E-state index contributed by atoms with van der Waals surface area (Å²) in [6, 6.07) is 15.1. The molecule has 1 N–H and O–H groups in total. The Balaban J connectivity index is 1.49. The number of benzene rings is 2. The van der Waals surface area contributed by atoms with E-state index < -0.39 is 17.5 Å². The van der Waals surface area contributed by atoms with Gasteiger partial charge in [-0.15, -0.1) is 0 Å². The number of rotatable bonds is 10. The Morgan fingerprint density at radius 1 is 1.03 bits per heavy atom. The highest BCUT2D eigenvalue weighted by molar-refractivity contribution is 5.95. The van der Waals surface area contributed by atoms with Crippen LogP contribution in [0.3, 0.4) is 0 Å². The van der Waals surface area contributed by atoms with Crippen molar-refractivity contribution >= 4 is 5.91 Å². The maximum Gasteiger partial charge on any atom is 0.255 e. The van der Waals surface area contributed by atoms with Crippen LogP contribution in [0.2, 0.25) is 0 Å². The highest BCUT2D eigenvalue weighted by Gasteiger charge is 2.20. The molecular weight excluding hydrogens is 492 g/mol. The molecular formula is C28H29F2N5O3. The molecule has 2 aromatic heterocycles. The van der Waals surface area contributed by atoms with Gasteiger partial charge in [0.05, 0.1) is 31.5 Å². The van der Waals surface area contributed by atoms with Crippen LogP contribution in [0.25, 0.3) is 0 Å². The average Bonchev–Trinajstić information content (AvgIpc) is 3.27. The van der Waals surface area contributed by atoms with Gasteiger partial charge >= 0.3 is 0 Å². The van der Waals surface area contributed by atoms with Gasteiger partial charge in [0, 0.05) is 37.1 Å². The number of methoxy groups -OCH3 is 1. The van der Waals surface area contributed by atoms with Crippen molar-refractivity contribution in [3.63, 3.8) is 0 Å². The number of halogens is 2. The number of carbonyl (C=O) groups is 1. The minimum absolute atomic E-state index is 0.0655. The van der Waals surface area contributed by atoms with Crippen LogP contribution in [0.1, 0.15) is 32.7 Å². The van der Waals surface area contributed by atoms with E-state index in [-0.39, 0.29) is 23.4 Å². The summed E-state index contributed by atoms with van der Waals surface area (Å²) >= 11 is 0. The highest BCUT2D eigenvalue weighted by atomic mass is 19.1. The summed E-state index contributed by atoms with van der Waals surface area (Å²) in [5.74, 6) is -2.21. The third-order valence-corrected chi connectivity index (χ3v) is 5.96. The maximum absolute atomic E-state index is 14.5. The smallest absolute Gasteiger partial charge is 0.255 e. The van der Waals surface area contributed by atoms with Crippen LogP contribution < -0.4 is 15.6 Å². The van der Waals surface area contributed by atoms with Gasteiger partial charge in [0.1, 0.15) is 5.82 Å². The van der Waals surface area contributed by atoms with Crippen molar-refractivity contribution in [1.82, 2.24) is 24.6 Å². The Bertz CT molecular complexity index is 1480. The van der Waals surface area contributed by atoms with Gasteiger partial charge in [0.2, 0.25) is 0 Å². The van der Waals surface area contributed by atoms with E-state index in [9.17, 15) is 18.4 Å². The van der Waals surface area contributed by atoms with E-state index in [1.165, 1.54) is 19.2 Å². The van der Waals surface area contributed by atoms with E-state index in [4.69, 9.17) is 4.74 Å². The molecule has 1 amide bonds. The lowest BCUT2D eigenvalue weighted by atomic mass is 10.1. The van der Waals surface area contributed by atoms with Crippen molar-refractivity contribution in [3.05, 3.63) is 117 Å². The van der Waals surface area contributed by atoms with Crippen LogP contribution in [-0.4, -0.2) is 46.4 Å². The van der Waals surface area contributed by atoms with E-state index in [0.29, 0.717) is 30.9 Å². The Kier molecular flexibility index (Phi) is 8.32. The first-order valence-electron chi connectivity index (χ1n) is 12.0. The predicted molar refractivity (Wildman–Crippen MR) is 139 cm³/mol. The van der Waals surface area contributed by atoms with Gasteiger partial charge in [0.15, 0.2) is 11.6 Å². The van der Waals surface area contributed by atoms with Crippen LogP contribution in [0, 0.1) is 11.6 Å². The van der Waals surface area contributed by atoms with E-state index in [1.54, 1.807) is 27.7 Å². The number of carbonyl (C=O) groups excluding carboxylic acids is 1. The second-order valence-electron chi connectivity index (χ2n) is 9.13. The number of pyridine rings is 1. The molecule has 0 aliphatic carbocycles. The fourth-order valence-corrected chi connectivity index (χ4v) is 4.03. The van der Waals surface area contributed by atoms with Gasteiger partial charge < -0.3 is 19.5 Å². The number of aromatic nitrogens is 3. The van der Waals surface area contributed by atoms with Crippen molar-refractivity contribution < 1.29 is 18.3 Å². The number of hydrogen-bond acceptors (Lipinski definition) is 5. The number of ether oxygens (including phenoxy) is 1. The van der Waals surface area contributed by atoms with Crippen molar-refractivity contribution in [2.45, 2.75) is 26.2 Å². The second kappa shape index (κ2) is 11.8. The molecule has 8 nitrogen and oxygen atoms in total. The van der Waals surface area contributed by atoms with E-state index in [2.05, 4.69) is 10.4 Å². The molecule has 0 fully saturated rings. The average molecular weight is 522 g/mol. The minimum Gasteiger partial charge on any atom is -0.494 e. The third-order valence-electron chi connectivity index (χ3n) is 5.96. The standard InChI is InChI=1S/C28H29F2N5O3/c1-33(2)18-24-22(28(37)31-14-21-23(29)11-12-25(38-3)27(21)30)17-35(32-24)16-20-9-7-19(8-10-20)15-34-13-5-4-6-26(34)36/h4-13,17H,14-16,18H2,1-3H3,(H,31,37). The normalized spacial score (nSPS) is 11.1. The molecule has 198 valence electrons. The van der Waals surface area contributed by atoms with Gasteiger partial charge in [-0.1, -0.05) is 30.3 Å². The maximum atomic E-state index is 14.5. The quantitative estimate of drug-likeness (QED) is 0.346. The molecule has 0 radical (unpaired) electrons. The zero-order valence-electron chi connectivity index (χ0n) is 21.4. The Hall–Kier alpha value is -4.31. The molecule has 0 atom stereocenters. The van der Waals surface area contributed by atoms with Crippen molar-refractivity contribution in [3.8, 4) is 5.75 Å². The lowest BCUT2D eigenvalue weighted by Gasteiger charge is -2.11. The molecule has 2 aromatic carbocycles. The summed E-state index contributed by atoms with van der Waals surface area (Å²) in [7, 11) is 5.01. The molecule has 0 aliphatic heterocycles. The summed E-state index contributed by atoms with van der Waals surface area (Å²) in [5.41, 5.74) is 2.46. The molecule has 0 aliphatic rings. The zero-order valence-corrected chi connectivity index (χ0v) is 21.4. The second-order valence-corrected chi connectivity index (χ2v) is 9.13. The molecule has 0 saturated carbocycles. The summed E-state index contributed by atoms with van der Waals surface area (Å²) < 4.78 is 36.9. The fourth-order valence-electron chi connectivity index (χ4n) is 4.03. The summed E-state index contributed by atoms with van der Waals surface area (Å²) in [4.78, 5) is 26.9. The Morgan fingerprint density at radius 3 is 2.39 bits per heavy atom. The molecule has 0 bridgehead atoms. The van der Waals surface area contributed by atoms with E-state index >= 15 is 0 Å². The first-order valence-corrected chi connectivity index (χ1v) is 12.0. The van der Waals surface area contributed by atoms with Gasteiger partial charge in [0.25, 0.3) is 11.5 Å². The summed E-state index contributed by atoms with van der Waals surface area (Å²) in [6.07, 6.45) is 3.37. The van der Waals surface area contributed by atoms with Gasteiger partial charge in [-0.05, 0) is 43.4 Å². The third kappa shape index (κ3) is 6.33. The number of hydrogen-bond donors (Lipinski definition) is 1. The van der Waals surface area contributed by atoms with Crippen molar-refractivity contribution in [2.24, 2.45) is 0 Å². The zero-order chi connectivity index (χ0) is 27.2. The van der Waals surface area contributed by atoms with Crippen molar-refractivity contribution in [1.29, 1.82) is 0 Å². The molecule has 0 unspecified atom stereocenters. The number of amides is 1. The summed E-state index contributed by atoms with van der Waals surface area (Å²) in [6.45, 7) is 0.945. The number of nitrogens with one attached hydrogen (secondary N) is 1. The predicted octanol–water partition coefficient (Wildman–Crippen LogP) is 3.42. The van der Waals surface area contributed by atoms with Crippen LogP contribution in [0.4, 0.5) is 8.78 Å². The van der Waals surface area contributed by atoms with Crippen molar-refractivity contribution in [2.75, 3.05) is 21.2 Å². The molecule has 2 heterocycles. The lowest BCUT2D eigenvalue weighted by Crippen LogP contribution is -2.25. The van der Waals surface area contributed by atoms with Crippen LogP contribution >= 0.6 is 0 Å².